The molecule has 2 rings (SSSR count). The molecule has 0 radical (unpaired) electrons. The van der Waals surface area contributed by atoms with E-state index in [2.05, 4.69) is 10.6 Å². The number of hydrogen-bond donors (Lipinski definition) is 2. The van der Waals surface area contributed by atoms with Gasteiger partial charge in [0.25, 0.3) is 5.91 Å². The quantitative estimate of drug-likeness (QED) is 0.751. The lowest BCUT2D eigenvalue weighted by atomic mass is 10.00. The molecule has 0 bridgehead atoms. The highest BCUT2D eigenvalue weighted by atomic mass is 16.5. The summed E-state index contributed by atoms with van der Waals surface area (Å²) in [7, 11) is 0. The summed E-state index contributed by atoms with van der Waals surface area (Å²) in [6, 6.07) is 16.5. The van der Waals surface area contributed by atoms with Crippen molar-refractivity contribution in [2.24, 2.45) is 0 Å². The Morgan fingerprint density at radius 2 is 1.54 bits per heavy atom. The van der Waals surface area contributed by atoms with Crippen LogP contribution in [0.25, 0.3) is 0 Å². The van der Waals surface area contributed by atoms with Crippen LogP contribution in [0.15, 0.2) is 54.6 Å². The Kier molecular flexibility index (Phi) is 7.32. The van der Waals surface area contributed by atoms with E-state index < -0.39 is 30.1 Å². The van der Waals surface area contributed by atoms with Crippen LogP contribution in [0.5, 0.6) is 0 Å². The number of hydrogen-bond acceptors (Lipinski definition) is 4. The molecule has 2 aromatic rings. The van der Waals surface area contributed by atoms with Crippen molar-refractivity contribution >= 4 is 17.9 Å². The smallest absolute Gasteiger partial charge is 0.338 e. The first kappa shape index (κ1) is 21.2. The molecule has 0 aliphatic carbocycles. The molecule has 3 amide bonds. The lowest BCUT2D eigenvalue weighted by Crippen LogP contribution is -2.49. The minimum atomic E-state index is -0.683. The maximum Gasteiger partial charge on any atom is 0.338 e. The van der Waals surface area contributed by atoms with Crippen LogP contribution in [0.3, 0.4) is 0 Å². The second-order valence-electron chi connectivity index (χ2n) is 7.47. The first-order valence-electron chi connectivity index (χ1n) is 9.15. The van der Waals surface area contributed by atoms with Gasteiger partial charge in [-0.15, -0.1) is 0 Å². The Hall–Kier alpha value is -3.15. The van der Waals surface area contributed by atoms with Gasteiger partial charge >= 0.3 is 12.0 Å². The van der Waals surface area contributed by atoms with Crippen molar-refractivity contribution in [2.75, 3.05) is 6.61 Å². The number of carbonyl (C=O) groups excluding carboxylic acids is 3. The van der Waals surface area contributed by atoms with Gasteiger partial charge in [-0.2, -0.15) is 0 Å². The number of carbonyl (C=O) groups is 3. The number of amides is 3. The predicted octanol–water partition coefficient (Wildman–Crippen LogP) is 3.25. The first-order valence-corrected chi connectivity index (χ1v) is 9.15. The van der Waals surface area contributed by atoms with Crippen molar-refractivity contribution in [1.29, 1.82) is 0 Å². The first-order chi connectivity index (χ1) is 13.2. The average molecular weight is 382 g/mol. The van der Waals surface area contributed by atoms with Gasteiger partial charge in [-0.1, -0.05) is 48.5 Å². The van der Waals surface area contributed by atoms with Crippen molar-refractivity contribution in [3.63, 3.8) is 0 Å². The zero-order chi connectivity index (χ0) is 20.6. The van der Waals surface area contributed by atoms with Gasteiger partial charge in [-0.25, -0.2) is 9.59 Å². The molecule has 2 N–H and O–H groups in total. The van der Waals surface area contributed by atoms with E-state index in [0.29, 0.717) is 12.0 Å². The monoisotopic (exact) mass is 382 g/mol. The predicted molar refractivity (Wildman–Crippen MR) is 107 cm³/mol. The van der Waals surface area contributed by atoms with Crippen LogP contribution in [0, 0.1) is 0 Å². The van der Waals surface area contributed by atoms with Crippen LogP contribution in [0.4, 0.5) is 4.79 Å². The van der Waals surface area contributed by atoms with Gasteiger partial charge in [0.1, 0.15) is 0 Å². The molecular weight excluding hydrogens is 356 g/mol. The summed E-state index contributed by atoms with van der Waals surface area (Å²) in [6.07, 6.45) is 1.47. The second-order valence-corrected chi connectivity index (χ2v) is 7.47. The molecule has 0 fully saturated rings. The second kappa shape index (κ2) is 9.69. The van der Waals surface area contributed by atoms with Crippen LogP contribution < -0.4 is 10.6 Å². The molecule has 2 aromatic carbocycles. The molecule has 0 aliphatic heterocycles. The maximum absolute atomic E-state index is 12.4. The van der Waals surface area contributed by atoms with Crippen LogP contribution in [-0.4, -0.2) is 30.1 Å². The van der Waals surface area contributed by atoms with Crippen LogP contribution in [0.1, 0.15) is 42.3 Å². The number of imide groups is 1. The summed E-state index contributed by atoms with van der Waals surface area (Å²) in [5, 5.41) is 4.74. The van der Waals surface area contributed by atoms with E-state index >= 15 is 0 Å². The molecule has 0 atom stereocenters. The number of rotatable bonds is 6. The number of esters is 1. The Morgan fingerprint density at radius 3 is 2.21 bits per heavy atom. The molecule has 0 unspecified atom stereocenters. The van der Waals surface area contributed by atoms with E-state index in [0.717, 1.165) is 12.0 Å². The number of nitrogens with one attached hydrogen (secondary N) is 2. The fourth-order valence-electron chi connectivity index (χ4n) is 2.60. The molecule has 0 saturated carbocycles. The van der Waals surface area contributed by atoms with Crippen molar-refractivity contribution < 1.29 is 19.1 Å². The van der Waals surface area contributed by atoms with Crippen molar-refractivity contribution in [3.8, 4) is 0 Å². The Balaban J connectivity index is 1.90. The molecule has 0 spiro atoms. The van der Waals surface area contributed by atoms with Crippen LogP contribution in [-0.2, 0) is 22.4 Å². The van der Waals surface area contributed by atoms with Gasteiger partial charge in [0.15, 0.2) is 6.61 Å². The molecule has 0 saturated heterocycles. The van der Waals surface area contributed by atoms with E-state index in [1.54, 1.807) is 32.9 Å². The van der Waals surface area contributed by atoms with Gasteiger partial charge < -0.3 is 10.1 Å². The van der Waals surface area contributed by atoms with Gasteiger partial charge in [0.2, 0.25) is 0 Å². The third kappa shape index (κ3) is 7.23. The minimum absolute atomic E-state index is 0.422. The topological polar surface area (TPSA) is 84.5 Å². The van der Waals surface area contributed by atoms with Crippen LogP contribution >= 0.6 is 0 Å². The molecule has 148 valence electrons. The zero-order valence-corrected chi connectivity index (χ0v) is 16.5. The molecule has 6 nitrogen and oxygen atoms in total. The summed E-state index contributed by atoms with van der Waals surface area (Å²) >= 11 is 0. The van der Waals surface area contributed by atoms with E-state index in [1.807, 2.05) is 42.5 Å². The van der Waals surface area contributed by atoms with Crippen molar-refractivity contribution in [3.05, 3.63) is 71.3 Å². The molecule has 0 aromatic heterocycles. The van der Waals surface area contributed by atoms with E-state index in [9.17, 15) is 14.4 Å². The summed E-state index contributed by atoms with van der Waals surface area (Å²) < 4.78 is 5.08. The van der Waals surface area contributed by atoms with Gasteiger partial charge in [-0.05, 0) is 50.8 Å². The summed E-state index contributed by atoms with van der Waals surface area (Å²) in [5.74, 6) is -1.27. The van der Waals surface area contributed by atoms with Gasteiger partial charge in [0, 0.05) is 5.54 Å². The lowest BCUT2D eigenvalue weighted by molar-refractivity contribution is -0.123. The van der Waals surface area contributed by atoms with E-state index in [4.69, 9.17) is 4.74 Å². The van der Waals surface area contributed by atoms with Gasteiger partial charge in [-0.3, -0.25) is 10.1 Å². The largest absolute Gasteiger partial charge is 0.452 e. The fraction of sp³-hybridized carbons (Fsp3) is 0.318. The lowest BCUT2D eigenvalue weighted by Gasteiger charge is -2.20. The highest BCUT2D eigenvalue weighted by Gasteiger charge is 2.18. The highest BCUT2D eigenvalue weighted by molar-refractivity contribution is 5.97. The molecule has 0 heterocycles. The third-order valence-electron chi connectivity index (χ3n) is 3.84. The number of urea groups is 1. The van der Waals surface area contributed by atoms with E-state index in [-0.39, 0.29) is 0 Å². The Bertz CT molecular complexity index is 826. The zero-order valence-electron chi connectivity index (χ0n) is 16.5. The number of benzene rings is 2. The standard InChI is InChI=1S/C22H26N2O4/c1-22(2,3)24-21(27)23-19(25)15-28-20(26)18-12-8-7-11-17(18)14-13-16-9-5-4-6-10-16/h4-12H,13-15H2,1-3H3,(H2,23,24,25,27). The fourth-order valence-corrected chi connectivity index (χ4v) is 2.60. The Labute approximate surface area is 165 Å². The molecule has 0 aliphatic rings. The average Bonchev–Trinajstić information content (AvgIpc) is 2.64. The molecule has 28 heavy (non-hydrogen) atoms. The molecule has 6 heteroatoms. The maximum atomic E-state index is 12.4. The number of aryl methyl sites for hydroxylation is 2. The van der Waals surface area contributed by atoms with Gasteiger partial charge in [0.05, 0.1) is 5.56 Å². The number of ether oxygens (including phenoxy) is 1. The normalized spacial score (nSPS) is 10.8. The van der Waals surface area contributed by atoms with Crippen LogP contribution in [0.2, 0.25) is 0 Å². The SMILES string of the molecule is CC(C)(C)NC(=O)NC(=O)COC(=O)c1ccccc1CCc1ccccc1. The van der Waals surface area contributed by atoms with E-state index in [1.165, 1.54) is 5.56 Å². The molecular formula is C22H26N2O4. The summed E-state index contributed by atoms with van der Waals surface area (Å²) in [6.45, 7) is 4.86. The Morgan fingerprint density at radius 1 is 0.893 bits per heavy atom. The summed E-state index contributed by atoms with van der Waals surface area (Å²) in [4.78, 5) is 35.9. The third-order valence-corrected chi connectivity index (χ3v) is 3.84. The summed E-state index contributed by atoms with van der Waals surface area (Å²) in [5.41, 5.74) is 1.97. The minimum Gasteiger partial charge on any atom is -0.452 e. The van der Waals surface area contributed by atoms with Crippen molar-refractivity contribution in [2.45, 2.75) is 39.2 Å². The highest BCUT2D eigenvalue weighted by Crippen LogP contribution is 2.14. The van der Waals surface area contributed by atoms with Crippen molar-refractivity contribution in [1.82, 2.24) is 10.6 Å².